The molecule has 2 rings (SSSR count). The number of aromatic nitrogens is 2. The number of rotatable bonds is 4. The maximum atomic E-state index is 13.2. The van der Waals surface area contributed by atoms with E-state index in [-0.39, 0.29) is 11.6 Å². The molecule has 0 bridgehead atoms. The zero-order chi connectivity index (χ0) is 15.6. The Bertz CT molecular complexity index is 516. The molecule has 1 aromatic rings. The van der Waals surface area contributed by atoms with Gasteiger partial charge in [-0.05, 0) is 26.2 Å². The Balaban J connectivity index is 2.42. The number of carbonyl (C=O) groups excluding carboxylic acids is 1. The number of carbonyl (C=O) groups is 1. The normalized spacial score (nSPS) is 16.4. The minimum Gasteiger partial charge on any atom is -0.352 e. The third-order valence-corrected chi connectivity index (χ3v) is 3.85. The minimum atomic E-state index is -4.62. The van der Waals surface area contributed by atoms with E-state index in [1.54, 1.807) is 6.92 Å². The number of alkyl halides is 3. The first kappa shape index (κ1) is 15.9. The quantitative estimate of drug-likeness (QED) is 0.926. The van der Waals surface area contributed by atoms with E-state index in [4.69, 9.17) is 0 Å². The van der Waals surface area contributed by atoms with Crippen LogP contribution in [0.5, 0.6) is 0 Å². The minimum absolute atomic E-state index is 0.0289. The number of hydrogen-bond donors (Lipinski definition) is 1. The van der Waals surface area contributed by atoms with Gasteiger partial charge in [0.1, 0.15) is 0 Å². The summed E-state index contributed by atoms with van der Waals surface area (Å²) < 4.78 is 40.9. The summed E-state index contributed by atoms with van der Waals surface area (Å²) in [7, 11) is 0. The molecule has 1 aromatic heterocycles. The van der Waals surface area contributed by atoms with Gasteiger partial charge in [-0.15, -0.1) is 0 Å². The second-order valence-electron chi connectivity index (χ2n) is 5.45. The van der Waals surface area contributed by atoms with Gasteiger partial charge in [0.05, 0.1) is 11.6 Å². The Hall–Kier alpha value is -1.53. The van der Waals surface area contributed by atoms with E-state index in [0.717, 1.165) is 25.7 Å². The van der Waals surface area contributed by atoms with Crippen molar-refractivity contribution in [3.63, 3.8) is 0 Å². The zero-order valence-electron chi connectivity index (χ0n) is 12.3. The molecule has 1 aliphatic rings. The molecule has 0 atom stereocenters. The molecule has 0 saturated heterocycles. The molecule has 21 heavy (non-hydrogen) atoms. The molecule has 7 heteroatoms. The summed E-state index contributed by atoms with van der Waals surface area (Å²) in [6, 6.07) is -0.0289. The first-order chi connectivity index (χ1) is 9.86. The van der Waals surface area contributed by atoms with Crippen LogP contribution < -0.4 is 5.32 Å². The zero-order valence-corrected chi connectivity index (χ0v) is 12.3. The molecule has 0 aliphatic heterocycles. The van der Waals surface area contributed by atoms with Gasteiger partial charge >= 0.3 is 6.18 Å². The predicted molar refractivity (Wildman–Crippen MR) is 72.1 cm³/mol. The van der Waals surface area contributed by atoms with E-state index in [1.165, 1.54) is 4.68 Å². The number of nitrogens with zero attached hydrogens (tertiary/aromatic N) is 2. The van der Waals surface area contributed by atoms with Crippen LogP contribution in [0.15, 0.2) is 0 Å². The summed E-state index contributed by atoms with van der Waals surface area (Å²) in [4.78, 5) is 12.1. The fraction of sp³-hybridized carbons (Fsp3) is 0.714. The largest absolute Gasteiger partial charge is 0.435 e. The first-order valence-corrected chi connectivity index (χ1v) is 7.30. The first-order valence-electron chi connectivity index (χ1n) is 7.30. The number of amides is 1. The van der Waals surface area contributed by atoms with Crippen molar-refractivity contribution in [2.45, 2.75) is 58.2 Å². The van der Waals surface area contributed by atoms with Gasteiger partial charge in [-0.1, -0.05) is 19.8 Å². The van der Waals surface area contributed by atoms with Gasteiger partial charge in [0.15, 0.2) is 5.69 Å². The summed E-state index contributed by atoms with van der Waals surface area (Å²) in [5.74, 6) is -0.689. The highest BCUT2D eigenvalue weighted by Gasteiger charge is 2.41. The van der Waals surface area contributed by atoms with Crippen LogP contribution in [0.1, 0.15) is 66.8 Å². The van der Waals surface area contributed by atoms with E-state index in [0.29, 0.717) is 18.7 Å². The van der Waals surface area contributed by atoms with Crippen molar-refractivity contribution in [3.05, 3.63) is 17.0 Å². The third kappa shape index (κ3) is 3.22. The Morgan fingerprint density at radius 3 is 2.52 bits per heavy atom. The fourth-order valence-corrected chi connectivity index (χ4v) is 2.82. The lowest BCUT2D eigenvalue weighted by Gasteiger charge is -2.12. The van der Waals surface area contributed by atoms with Crippen LogP contribution in [0.4, 0.5) is 13.2 Å². The number of nitrogens with one attached hydrogen (secondary N) is 1. The molecule has 0 aromatic carbocycles. The van der Waals surface area contributed by atoms with Crippen molar-refractivity contribution >= 4 is 5.91 Å². The van der Waals surface area contributed by atoms with Crippen LogP contribution in [-0.4, -0.2) is 22.2 Å². The monoisotopic (exact) mass is 303 g/mol. The molecule has 118 valence electrons. The highest BCUT2D eigenvalue weighted by atomic mass is 19.4. The topological polar surface area (TPSA) is 46.9 Å². The molecule has 0 unspecified atom stereocenters. The van der Waals surface area contributed by atoms with Gasteiger partial charge in [0.25, 0.3) is 5.91 Å². The van der Waals surface area contributed by atoms with Crippen LogP contribution >= 0.6 is 0 Å². The lowest BCUT2D eigenvalue weighted by molar-refractivity contribution is -0.141. The Kier molecular flexibility index (Phi) is 4.58. The van der Waals surface area contributed by atoms with Crippen LogP contribution in [0.3, 0.4) is 0 Å². The standard InChI is InChI=1S/C14H20F3N3O/c1-3-8-18-13(21)11-9(2)20(10-6-4-5-7-10)19-12(11)14(15,16)17/h10H,3-8H2,1-2H3,(H,18,21). The van der Waals surface area contributed by atoms with E-state index < -0.39 is 17.8 Å². The lowest BCUT2D eigenvalue weighted by atomic mass is 10.1. The summed E-state index contributed by atoms with van der Waals surface area (Å²) >= 11 is 0. The maximum absolute atomic E-state index is 13.2. The van der Waals surface area contributed by atoms with Crippen molar-refractivity contribution in [2.24, 2.45) is 0 Å². The molecule has 1 fully saturated rings. The SMILES string of the molecule is CCCNC(=O)c1c(C(F)(F)F)nn(C2CCCC2)c1C. The predicted octanol–water partition coefficient (Wildman–Crippen LogP) is 3.47. The van der Waals surface area contributed by atoms with Gasteiger partial charge in [-0.2, -0.15) is 18.3 Å². The average molecular weight is 303 g/mol. The average Bonchev–Trinajstić information content (AvgIpc) is 3.02. The van der Waals surface area contributed by atoms with Crippen molar-refractivity contribution < 1.29 is 18.0 Å². The van der Waals surface area contributed by atoms with Crippen molar-refractivity contribution in [1.82, 2.24) is 15.1 Å². The molecule has 1 aliphatic carbocycles. The number of hydrogen-bond acceptors (Lipinski definition) is 2. The molecular formula is C14H20F3N3O. The van der Waals surface area contributed by atoms with Crippen molar-refractivity contribution in [2.75, 3.05) is 6.54 Å². The second-order valence-corrected chi connectivity index (χ2v) is 5.45. The van der Waals surface area contributed by atoms with E-state index in [1.807, 2.05) is 6.92 Å². The molecule has 1 amide bonds. The summed E-state index contributed by atoms with van der Waals surface area (Å²) in [5.41, 5.74) is -1.09. The summed E-state index contributed by atoms with van der Waals surface area (Å²) in [6.07, 6.45) is -0.340. The van der Waals surface area contributed by atoms with Crippen LogP contribution in [0.25, 0.3) is 0 Å². The fourth-order valence-electron chi connectivity index (χ4n) is 2.82. The molecule has 0 radical (unpaired) electrons. The maximum Gasteiger partial charge on any atom is 0.435 e. The molecule has 1 N–H and O–H groups in total. The van der Waals surface area contributed by atoms with E-state index in [9.17, 15) is 18.0 Å². The molecule has 1 heterocycles. The highest BCUT2D eigenvalue weighted by molar-refractivity contribution is 5.96. The van der Waals surface area contributed by atoms with Gasteiger partial charge in [-0.25, -0.2) is 0 Å². The summed E-state index contributed by atoms with van der Waals surface area (Å²) in [6.45, 7) is 3.74. The van der Waals surface area contributed by atoms with Gasteiger partial charge < -0.3 is 5.32 Å². The Morgan fingerprint density at radius 1 is 1.38 bits per heavy atom. The molecule has 0 spiro atoms. The van der Waals surface area contributed by atoms with E-state index in [2.05, 4.69) is 10.4 Å². The highest BCUT2D eigenvalue weighted by Crippen LogP contribution is 2.36. The van der Waals surface area contributed by atoms with Gasteiger partial charge in [0, 0.05) is 12.2 Å². The van der Waals surface area contributed by atoms with Crippen LogP contribution in [0, 0.1) is 6.92 Å². The molecule has 1 saturated carbocycles. The molecular weight excluding hydrogens is 283 g/mol. The van der Waals surface area contributed by atoms with Crippen LogP contribution in [0.2, 0.25) is 0 Å². The lowest BCUT2D eigenvalue weighted by Crippen LogP contribution is -2.27. The smallest absolute Gasteiger partial charge is 0.352 e. The Labute approximate surface area is 121 Å². The number of halogens is 3. The van der Waals surface area contributed by atoms with Gasteiger partial charge in [0.2, 0.25) is 0 Å². The molecule has 4 nitrogen and oxygen atoms in total. The van der Waals surface area contributed by atoms with Crippen molar-refractivity contribution in [1.29, 1.82) is 0 Å². The summed E-state index contributed by atoms with van der Waals surface area (Å²) in [5, 5.41) is 6.24. The second kappa shape index (κ2) is 6.07. The van der Waals surface area contributed by atoms with E-state index >= 15 is 0 Å². The van der Waals surface area contributed by atoms with Gasteiger partial charge in [-0.3, -0.25) is 9.48 Å². The third-order valence-electron chi connectivity index (χ3n) is 3.85. The van der Waals surface area contributed by atoms with Crippen LogP contribution in [-0.2, 0) is 6.18 Å². The van der Waals surface area contributed by atoms with Crippen molar-refractivity contribution in [3.8, 4) is 0 Å². The Morgan fingerprint density at radius 2 is 2.00 bits per heavy atom.